The Bertz CT molecular complexity index is 400. The Balaban J connectivity index is 2.79. The quantitative estimate of drug-likeness (QED) is 0.741. The zero-order chi connectivity index (χ0) is 13.4. The van der Waals surface area contributed by atoms with E-state index in [1.807, 2.05) is 12.1 Å². The summed E-state index contributed by atoms with van der Waals surface area (Å²) in [6.07, 6.45) is 2.73. The van der Waals surface area contributed by atoms with E-state index in [1.54, 1.807) is 13.3 Å². The first-order valence-electron chi connectivity index (χ1n) is 6.29. The summed E-state index contributed by atoms with van der Waals surface area (Å²) in [4.78, 5) is 6.42. The molecule has 18 heavy (non-hydrogen) atoms. The number of pyridine rings is 1. The van der Waals surface area contributed by atoms with Crippen LogP contribution in [-0.4, -0.2) is 36.2 Å². The lowest BCUT2D eigenvalue weighted by molar-refractivity contribution is 0.118. The molecule has 0 bridgehead atoms. The van der Waals surface area contributed by atoms with E-state index in [2.05, 4.69) is 29.8 Å². The lowest BCUT2D eigenvalue weighted by Crippen LogP contribution is -2.35. The van der Waals surface area contributed by atoms with E-state index < -0.39 is 0 Å². The standard InChI is InChI=1S/C14H21N3O/c1-4-12(2)17(8-9-18-3)11-13-6-5-7-16-14(13)10-15/h5-7,12H,4,8-9,11H2,1-3H3. The van der Waals surface area contributed by atoms with E-state index in [9.17, 15) is 0 Å². The molecule has 0 amide bonds. The van der Waals surface area contributed by atoms with Crippen LogP contribution in [0.25, 0.3) is 0 Å². The van der Waals surface area contributed by atoms with Crippen molar-refractivity contribution in [1.29, 1.82) is 5.26 Å². The molecule has 1 aromatic heterocycles. The van der Waals surface area contributed by atoms with Crippen molar-refractivity contribution >= 4 is 0 Å². The van der Waals surface area contributed by atoms with Gasteiger partial charge in [-0.3, -0.25) is 4.90 Å². The van der Waals surface area contributed by atoms with Gasteiger partial charge >= 0.3 is 0 Å². The average molecular weight is 247 g/mol. The van der Waals surface area contributed by atoms with Gasteiger partial charge in [0, 0.05) is 38.0 Å². The summed E-state index contributed by atoms with van der Waals surface area (Å²) in [7, 11) is 1.71. The number of nitriles is 1. The van der Waals surface area contributed by atoms with Crippen LogP contribution in [0.5, 0.6) is 0 Å². The molecular formula is C14H21N3O. The summed E-state index contributed by atoms with van der Waals surface area (Å²) in [6.45, 7) is 6.67. The molecule has 0 spiro atoms. The van der Waals surface area contributed by atoms with Gasteiger partial charge in [0.05, 0.1) is 6.61 Å². The smallest absolute Gasteiger partial charge is 0.144 e. The summed E-state index contributed by atoms with van der Waals surface area (Å²) >= 11 is 0. The van der Waals surface area contributed by atoms with Crippen molar-refractivity contribution in [3.63, 3.8) is 0 Å². The zero-order valence-electron chi connectivity index (χ0n) is 11.4. The van der Waals surface area contributed by atoms with Gasteiger partial charge in [-0.05, 0) is 19.4 Å². The number of nitrogens with zero attached hydrogens (tertiary/aromatic N) is 3. The van der Waals surface area contributed by atoms with Crippen molar-refractivity contribution in [3.8, 4) is 6.07 Å². The second-order valence-corrected chi connectivity index (χ2v) is 4.34. The maximum Gasteiger partial charge on any atom is 0.144 e. The number of rotatable bonds is 7. The Hall–Kier alpha value is -1.44. The van der Waals surface area contributed by atoms with Crippen molar-refractivity contribution in [2.75, 3.05) is 20.3 Å². The molecule has 0 aliphatic carbocycles. The number of hydrogen-bond donors (Lipinski definition) is 0. The van der Waals surface area contributed by atoms with Gasteiger partial charge in [-0.25, -0.2) is 4.98 Å². The fraction of sp³-hybridized carbons (Fsp3) is 0.571. The Labute approximate surface area is 109 Å². The van der Waals surface area contributed by atoms with Crippen molar-refractivity contribution in [1.82, 2.24) is 9.88 Å². The highest BCUT2D eigenvalue weighted by atomic mass is 16.5. The minimum absolute atomic E-state index is 0.465. The molecule has 1 aromatic rings. The summed E-state index contributed by atoms with van der Waals surface area (Å²) in [5.41, 5.74) is 1.50. The number of ether oxygens (including phenoxy) is 1. The Morgan fingerprint density at radius 3 is 2.94 bits per heavy atom. The van der Waals surface area contributed by atoms with E-state index in [4.69, 9.17) is 10.00 Å². The summed E-state index contributed by atoms with van der Waals surface area (Å²) in [5.74, 6) is 0. The SMILES string of the molecule is CCC(C)N(CCOC)Cc1cccnc1C#N. The molecule has 0 fully saturated rings. The molecule has 1 rings (SSSR count). The number of hydrogen-bond acceptors (Lipinski definition) is 4. The molecule has 1 heterocycles. The lowest BCUT2D eigenvalue weighted by atomic mass is 10.1. The molecule has 4 nitrogen and oxygen atoms in total. The van der Waals surface area contributed by atoms with Crippen molar-refractivity contribution < 1.29 is 4.74 Å². The molecular weight excluding hydrogens is 226 g/mol. The van der Waals surface area contributed by atoms with Gasteiger partial charge in [0.25, 0.3) is 0 Å². The van der Waals surface area contributed by atoms with Crippen LogP contribution in [0.1, 0.15) is 31.5 Å². The van der Waals surface area contributed by atoms with Crippen LogP contribution in [0.15, 0.2) is 18.3 Å². The van der Waals surface area contributed by atoms with E-state index in [0.29, 0.717) is 18.3 Å². The Morgan fingerprint density at radius 1 is 1.56 bits per heavy atom. The average Bonchev–Trinajstić information content (AvgIpc) is 2.42. The molecule has 0 saturated heterocycles. The van der Waals surface area contributed by atoms with Gasteiger partial charge in [0.2, 0.25) is 0 Å². The molecule has 0 aromatic carbocycles. The van der Waals surface area contributed by atoms with E-state index in [-0.39, 0.29) is 0 Å². The van der Waals surface area contributed by atoms with Crippen LogP contribution in [-0.2, 0) is 11.3 Å². The zero-order valence-corrected chi connectivity index (χ0v) is 11.4. The van der Waals surface area contributed by atoms with Gasteiger partial charge < -0.3 is 4.74 Å². The number of aromatic nitrogens is 1. The monoisotopic (exact) mass is 247 g/mol. The van der Waals surface area contributed by atoms with Gasteiger partial charge in [0.15, 0.2) is 0 Å². The van der Waals surface area contributed by atoms with Crippen LogP contribution >= 0.6 is 0 Å². The van der Waals surface area contributed by atoms with E-state index in [0.717, 1.165) is 25.1 Å². The molecule has 0 N–H and O–H groups in total. The first-order chi connectivity index (χ1) is 8.72. The molecule has 98 valence electrons. The van der Waals surface area contributed by atoms with Gasteiger partial charge in [0.1, 0.15) is 11.8 Å². The van der Waals surface area contributed by atoms with Crippen LogP contribution in [0.3, 0.4) is 0 Å². The lowest BCUT2D eigenvalue weighted by Gasteiger charge is -2.28. The predicted octanol–water partition coefficient (Wildman–Crippen LogP) is 2.20. The van der Waals surface area contributed by atoms with Crippen molar-refractivity contribution in [2.45, 2.75) is 32.9 Å². The normalized spacial score (nSPS) is 12.4. The summed E-state index contributed by atoms with van der Waals surface area (Å²) in [6, 6.07) is 6.45. The molecule has 0 radical (unpaired) electrons. The molecule has 4 heteroatoms. The highest BCUT2D eigenvalue weighted by molar-refractivity contribution is 5.30. The highest BCUT2D eigenvalue weighted by Gasteiger charge is 2.14. The molecule has 0 saturated carbocycles. The van der Waals surface area contributed by atoms with Crippen molar-refractivity contribution in [3.05, 3.63) is 29.6 Å². The van der Waals surface area contributed by atoms with Crippen LogP contribution in [0.4, 0.5) is 0 Å². The minimum Gasteiger partial charge on any atom is -0.383 e. The Kier molecular flexibility index (Phi) is 6.34. The van der Waals surface area contributed by atoms with Crippen LogP contribution < -0.4 is 0 Å². The van der Waals surface area contributed by atoms with E-state index >= 15 is 0 Å². The minimum atomic E-state index is 0.465. The number of methoxy groups -OCH3 is 1. The van der Waals surface area contributed by atoms with E-state index in [1.165, 1.54) is 0 Å². The Morgan fingerprint density at radius 2 is 2.33 bits per heavy atom. The predicted molar refractivity (Wildman–Crippen MR) is 71.0 cm³/mol. The largest absolute Gasteiger partial charge is 0.383 e. The van der Waals surface area contributed by atoms with Gasteiger partial charge in [-0.15, -0.1) is 0 Å². The third kappa shape index (κ3) is 4.10. The molecule has 0 aliphatic heterocycles. The van der Waals surface area contributed by atoms with Crippen molar-refractivity contribution in [2.24, 2.45) is 0 Å². The fourth-order valence-electron chi connectivity index (χ4n) is 1.81. The molecule has 0 aliphatic rings. The summed E-state index contributed by atoms with van der Waals surface area (Å²) < 4.78 is 5.14. The summed E-state index contributed by atoms with van der Waals surface area (Å²) in [5, 5.41) is 9.05. The molecule has 1 atom stereocenters. The first kappa shape index (κ1) is 14.6. The first-order valence-corrected chi connectivity index (χ1v) is 6.29. The fourth-order valence-corrected chi connectivity index (χ4v) is 1.81. The second-order valence-electron chi connectivity index (χ2n) is 4.34. The van der Waals surface area contributed by atoms with Crippen LogP contribution in [0.2, 0.25) is 0 Å². The highest BCUT2D eigenvalue weighted by Crippen LogP contribution is 2.12. The van der Waals surface area contributed by atoms with Crippen LogP contribution in [0, 0.1) is 11.3 Å². The van der Waals surface area contributed by atoms with Gasteiger partial charge in [-0.2, -0.15) is 5.26 Å². The second kappa shape index (κ2) is 7.80. The maximum atomic E-state index is 9.05. The third-order valence-corrected chi connectivity index (χ3v) is 3.17. The molecule has 1 unspecified atom stereocenters. The van der Waals surface area contributed by atoms with Gasteiger partial charge in [-0.1, -0.05) is 13.0 Å². The topological polar surface area (TPSA) is 49.1 Å². The third-order valence-electron chi connectivity index (χ3n) is 3.17. The maximum absolute atomic E-state index is 9.05.